The number of rotatable bonds is 2. The molecule has 2 nitrogen and oxygen atoms in total. The van der Waals surface area contributed by atoms with Crippen LogP contribution >= 0.6 is 11.3 Å². The molecule has 0 amide bonds. The van der Waals surface area contributed by atoms with Crippen molar-refractivity contribution in [2.75, 3.05) is 0 Å². The van der Waals surface area contributed by atoms with Gasteiger partial charge in [0, 0.05) is 17.4 Å². The molecule has 0 unspecified atom stereocenters. The maximum atomic E-state index is 10.1. The number of aliphatic carboxylic acids is 1. The van der Waals surface area contributed by atoms with Crippen molar-refractivity contribution in [3.05, 3.63) is 22.4 Å². The van der Waals surface area contributed by atoms with Crippen LogP contribution in [0.2, 0.25) is 0 Å². The fraction of sp³-hybridized carbons (Fsp3) is 0.222. The van der Waals surface area contributed by atoms with Crippen LogP contribution in [0.15, 0.2) is 16.8 Å². The predicted octanol–water partition coefficient (Wildman–Crippen LogP) is 1.96. The summed E-state index contributed by atoms with van der Waals surface area (Å²) in [6.07, 6.45) is 0.544. The van der Waals surface area contributed by atoms with E-state index in [4.69, 9.17) is 5.11 Å². The van der Waals surface area contributed by atoms with Crippen molar-refractivity contribution in [2.45, 2.75) is 12.8 Å². The Balaban J connectivity index is 2.35. The summed E-state index contributed by atoms with van der Waals surface area (Å²) < 4.78 is 0. The van der Waals surface area contributed by atoms with E-state index in [1.165, 1.54) is 0 Å². The van der Waals surface area contributed by atoms with Gasteiger partial charge in [0.2, 0.25) is 0 Å². The van der Waals surface area contributed by atoms with Gasteiger partial charge in [0.25, 0.3) is 0 Å². The van der Waals surface area contributed by atoms with Gasteiger partial charge in [-0.3, -0.25) is 4.79 Å². The van der Waals surface area contributed by atoms with Gasteiger partial charge in [0.05, 0.1) is 6.42 Å². The maximum Gasteiger partial charge on any atom is 0.304 e. The molecule has 0 radical (unpaired) electrons. The molecule has 0 aliphatic heterocycles. The normalized spacial score (nSPS) is 8.67. The molecule has 0 fully saturated rings. The van der Waals surface area contributed by atoms with Crippen molar-refractivity contribution in [3.63, 3.8) is 0 Å². The van der Waals surface area contributed by atoms with E-state index in [2.05, 4.69) is 11.8 Å². The Morgan fingerprint density at radius 3 is 3.08 bits per heavy atom. The SMILES string of the molecule is O=C(O)CCC#Cc1ccsc1. The van der Waals surface area contributed by atoms with E-state index in [9.17, 15) is 4.79 Å². The van der Waals surface area contributed by atoms with Gasteiger partial charge in [-0.15, -0.1) is 0 Å². The third-order valence-corrected chi connectivity index (χ3v) is 1.90. The zero-order chi connectivity index (χ0) is 8.81. The van der Waals surface area contributed by atoms with Gasteiger partial charge < -0.3 is 5.11 Å². The lowest BCUT2D eigenvalue weighted by molar-refractivity contribution is -0.136. The Kier molecular flexibility index (Phi) is 3.36. The van der Waals surface area contributed by atoms with Crippen molar-refractivity contribution in [2.24, 2.45) is 0 Å². The third kappa shape index (κ3) is 3.22. The highest BCUT2D eigenvalue weighted by atomic mass is 32.1. The standard InChI is InChI=1S/C9H8O2S/c10-9(11)4-2-1-3-8-5-6-12-7-8/h5-7H,2,4H2,(H,10,11). The first kappa shape index (κ1) is 8.82. The maximum absolute atomic E-state index is 10.1. The molecule has 62 valence electrons. The molecule has 0 bridgehead atoms. The molecule has 0 atom stereocenters. The van der Waals surface area contributed by atoms with Crippen LogP contribution < -0.4 is 0 Å². The van der Waals surface area contributed by atoms with Crippen LogP contribution in [0.3, 0.4) is 0 Å². The van der Waals surface area contributed by atoms with Crippen molar-refractivity contribution in [1.29, 1.82) is 0 Å². The lowest BCUT2D eigenvalue weighted by Gasteiger charge is -1.82. The van der Waals surface area contributed by atoms with Gasteiger partial charge in [0.15, 0.2) is 0 Å². The summed E-state index contributed by atoms with van der Waals surface area (Å²) in [6.45, 7) is 0. The first-order chi connectivity index (χ1) is 5.79. The average molecular weight is 180 g/mol. The van der Waals surface area contributed by atoms with E-state index in [1.54, 1.807) is 11.3 Å². The van der Waals surface area contributed by atoms with E-state index in [-0.39, 0.29) is 6.42 Å². The second-order valence-corrected chi connectivity index (χ2v) is 2.99. The van der Waals surface area contributed by atoms with Crippen molar-refractivity contribution >= 4 is 17.3 Å². The predicted molar refractivity (Wildman–Crippen MR) is 48.1 cm³/mol. The molecule has 0 saturated heterocycles. The van der Waals surface area contributed by atoms with E-state index >= 15 is 0 Å². The van der Waals surface area contributed by atoms with Crippen LogP contribution in [0.5, 0.6) is 0 Å². The summed E-state index contributed by atoms with van der Waals surface area (Å²) in [5, 5.41) is 12.2. The quantitative estimate of drug-likeness (QED) is 0.706. The Labute approximate surface area is 74.9 Å². The van der Waals surface area contributed by atoms with Crippen LogP contribution in [0, 0.1) is 11.8 Å². The number of carboxylic acids is 1. The number of hydrogen-bond acceptors (Lipinski definition) is 2. The smallest absolute Gasteiger partial charge is 0.304 e. The molecule has 1 heterocycles. The minimum atomic E-state index is -0.797. The van der Waals surface area contributed by atoms with Crippen molar-refractivity contribution < 1.29 is 9.90 Å². The summed E-state index contributed by atoms with van der Waals surface area (Å²) in [4.78, 5) is 10.1. The van der Waals surface area contributed by atoms with E-state index in [0.717, 1.165) is 5.56 Å². The van der Waals surface area contributed by atoms with Gasteiger partial charge in [-0.25, -0.2) is 0 Å². The molecule has 1 N–H and O–H groups in total. The summed E-state index contributed by atoms with van der Waals surface area (Å²) in [7, 11) is 0. The highest BCUT2D eigenvalue weighted by Gasteiger charge is 1.91. The first-order valence-corrected chi connectivity index (χ1v) is 4.46. The Morgan fingerprint density at radius 1 is 1.67 bits per heavy atom. The van der Waals surface area contributed by atoms with Crippen molar-refractivity contribution in [3.8, 4) is 11.8 Å². The molecule has 1 aromatic heterocycles. The molecule has 1 aromatic rings. The minimum Gasteiger partial charge on any atom is -0.481 e. The van der Waals surface area contributed by atoms with Gasteiger partial charge in [-0.1, -0.05) is 11.8 Å². The summed E-state index contributed by atoms with van der Waals surface area (Å²) in [5.41, 5.74) is 0.963. The topological polar surface area (TPSA) is 37.3 Å². The monoisotopic (exact) mass is 180 g/mol. The molecule has 0 saturated carbocycles. The van der Waals surface area contributed by atoms with E-state index < -0.39 is 5.97 Å². The van der Waals surface area contributed by atoms with Crippen LogP contribution in [0.4, 0.5) is 0 Å². The average Bonchev–Trinajstić information content (AvgIpc) is 2.49. The summed E-state index contributed by atoms with van der Waals surface area (Å²) >= 11 is 1.59. The Hall–Kier alpha value is -1.27. The number of carbonyl (C=O) groups is 1. The second-order valence-electron chi connectivity index (χ2n) is 2.21. The van der Waals surface area contributed by atoms with Crippen LogP contribution in [0.1, 0.15) is 18.4 Å². The zero-order valence-electron chi connectivity index (χ0n) is 6.41. The highest BCUT2D eigenvalue weighted by Crippen LogP contribution is 2.03. The van der Waals surface area contributed by atoms with E-state index in [1.807, 2.05) is 16.8 Å². The van der Waals surface area contributed by atoms with Crippen LogP contribution in [-0.2, 0) is 4.79 Å². The fourth-order valence-corrected chi connectivity index (χ4v) is 1.26. The molecule has 0 aliphatic rings. The minimum absolute atomic E-state index is 0.122. The first-order valence-electron chi connectivity index (χ1n) is 3.52. The molecule has 0 aliphatic carbocycles. The van der Waals surface area contributed by atoms with Crippen LogP contribution in [0.25, 0.3) is 0 Å². The van der Waals surface area contributed by atoms with Gasteiger partial charge >= 0.3 is 5.97 Å². The lowest BCUT2D eigenvalue weighted by Crippen LogP contribution is -1.91. The Morgan fingerprint density at radius 2 is 2.50 bits per heavy atom. The Bertz CT molecular complexity index is 303. The molecule has 3 heteroatoms. The molecule has 1 rings (SSSR count). The molecule has 0 spiro atoms. The van der Waals surface area contributed by atoms with E-state index in [0.29, 0.717) is 6.42 Å². The van der Waals surface area contributed by atoms with Gasteiger partial charge in [-0.05, 0) is 11.4 Å². The molecule has 12 heavy (non-hydrogen) atoms. The zero-order valence-corrected chi connectivity index (χ0v) is 7.23. The summed E-state index contributed by atoms with van der Waals surface area (Å²) in [6, 6.07) is 1.92. The summed E-state index contributed by atoms with van der Waals surface area (Å²) in [5.74, 6) is 4.88. The number of carboxylic acid groups (broad SMARTS) is 1. The fourth-order valence-electron chi connectivity index (χ4n) is 0.670. The lowest BCUT2D eigenvalue weighted by atomic mass is 10.3. The van der Waals surface area contributed by atoms with Crippen LogP contribution in [-0.4, -0.2) is 11.1 Å². The largest absolute Gasteiger partial charge is 0.481 e. The molecular formula is C9H8O2S. The molecular weight excluding hydrogens is 172 g/mol. The number of thiophene rings is 1. The highest BCUT2D eigenvalue weighted by molar-refractivity contribution is 7.08. The molecule has 0 aromatic carbocycles. The number of hydrogen-bond donors (Lipinski definition) is 1. The van der Waals surface area contributed by atoms with Gasteiger partial charge in [0.1, 0.15) is 0 Å². The third-order valence-electron chi connectivity index (χ3n) is 1.22. The van der Waals surface area contributed by atoms with Crippen molar-refractivity contribution in [1.82, 2.24) is 0 Å². The second kappa shape index (κ2) is 4.58. The van der Waals surface area contributed by atoms with Gasteiger partial charge in [-0.2, -0.15) is 11.3 Å².